The third kappa shape index (κ3) is 4.90. The van der Waals surface area contributed by atoms with Crippen molar-refractivity contribution in [1.29, 1.82) is 0 Å². The number of para-hydroxylation sites is 2. The van der Waals surface area contributed by atoms with Crippen molar-refractivity contribution in [3.8, 4) is 55.2 Å². The number of hydrogen-bond donors (Lipinski definition) is 0. The van der Waals surface area contributed by atoms with E-state index in [1.807, 2.05) is 66.7 Å². The van der Waals surface area contributed by atoms with Gasteiger partial charge in [0.2, 0.25) is 0 Å². The Labute approximate surface area is 288 Å². The molecule has 0 aliphatic rings. The minimum atomic E-state index is 0.592. The van der Waals surface area contributed by atoms with Gasteiger partial charge in [-0.1, -0.05) is 91.0 Å². The van der Waals surface area contributed by atoms with Gasteiger partial charge in [-0.15, -0.1) is 22.7 Å². The van der Waals surface area contributed by atoms with Crippen LogP contribution in [0.2, 0.25) is 0 Å². The van der Waals surface area contributed by atoms with Gasteiger partial charge in [0, 0.05) is 42.6 Å². The molecule has 0 amide bonds. The lowest BCUT2D eigenvalue weighted by molar-refractivity contribution is 0.669. The minimum absolute atomic E-state index is 0.592. The number of thiazole rings is 1. The van der Waals surface area contributed by atoms with Crippen LogP contribution in [0.25, 0.3) is 97.4 Å². The number of aromatic nitrogens is 4. The second kappa shape index (κ2) is 11.3. The molecule has 0 N–H and O–H groups in total. The number of thiophene rings is 1. The number of fused-ring (bicyclic) bond motifs is 5. The summed E-state index contributed by atoms with van der Waals surface area (Å²) in [5, 5.41) is 4.20. The van der Waals surface area contributed by atoms with E-state index < -0.39 is 0 Å². The molecule has 7 heteroatoms. The van der Waals surface area contributed by atoms with Gasteiger partial charge in [-0.2, -0.15) is 0 Å². The predicted molar refractivity (Wildman–Crippen MR) is 203 cm³/mol. The summed E-state index contributed by atoms with van der Waals surface area (Å²) in [6, 6.07) is 49.9. The first-order chi connectivity index (χ1) is 24.2. The predicted octanol–water partition coefficient (Wildman–Crippen LogP) is 11.9. The van der Waals surface area contributed by atoms with Crippen molar-refractivity contribution < 1.29 is 4.42 Å². The first-order valence-electron chi connectivity index (χ1n) is 16.0. The Bertz CT molecular complexity index is 2690. The summed E-state index contributed by atoms with van der Waals surface area (Å²) >= 11 is 3.48. The zero-order valence-electron chi connectivity index (χ0n) is 25.9. The third-order valence-electron chi connectivity index (χ3n) is 8.75. The van der Waals surface area contributed by atoms with E-state index in [4.69, 9.17) is 24.4 Å². The van der Waals surface area contributed by atoms with Crippen LogP contribution in [0.15, 0.2) is 150 Å². The van der Waals surface area contributed by atoms with Crippen LogP contribution in [0, 0.1) is 0 Å². The van der Waals surface area contributed by atoms with E-state index in [1.165, 1.54) is 15.0 Å². The first-order valence-corrected chi connectivity index (χ1v) is 17.6. The molecule has 0 radical (unpaired) electrons. The van der Waals surface area contributed by atoms with Crippen LogP contribution in [0.5, 0.6) is 0 Å². The zero-order chi connectivity index (χ0) is 32.3. The Balaban J connectivity index is 1.23. The van der Waals surface area contributed by atoms with Gasteiger partial charge < -0.3 is 4.42 Å². The molecule has 0 fully saturated rings. The Morgan fingerprint density at radius 3 is 2.02 bits per heavy atom. The van der Waals surface area contributed by atoms with Crippen molar-refractivity contribution in [3.05, 3.63) is 146 Å². The molecular weight excluding hydrogens is 641 g/mol. The highest BCUT2D eigenvalue weighted by Gasteiger charge is 2.19. The van der Waals surface area contributed by atoms with Crippen molar-refractivity contribution in [2.45, 2.75) is 0 Å². The summed E-state index contributed by atoms with van der Waals surface area (Å²) in [6.45, 7) is 0. The van der Waals surface area contributed by atoms with Crippen molar-refractivity contribution >= 4 is 64.9 Å². The SMILES string of the molecule is c1ccc(-c2nc(-c3cc(-c4cc5ccccc5s4)cc(-c4nc5ccccc5s4)c3)nc(-c3cccc4oc5ccccc5c34)n2)cc1. The van der Waals surface area contributed by atoms with Crippen LogP contribution in [0.4, 0.5) is 0 Å². The fraction of sp³-hybridized carbons (Fsp3) is 0. The number of benzene rings is 6. The molecule has 4 heterocycles. The summed E-state index contributed by atoms with van der Waals surface area (Å²) in [5.74, 6) is 1.80. The van der Waals surface area contributed by atoms with Crippen LogP contribution < -0.4 is 0 Å². The highest BCUT2D eigenvalue weighted by molar-refractivity contribution is 7.22. The molecule has 0 bridgehead atoms. The topological polar surface area (TPSA) is 64.7 Å². The fourth-order valence-electron chi connectivity index (χ4n) is 6.45. The van der Waals surface area contributed by atoms with E-state index in [2.05, 4.69) is 78.9 Å². The molecule has 0 saturated carbocycles. The van der Waals surface area contributed by atoms with E-state index in [0.29, 0.717) is 17.5 Å². The van der Waals surface area contributed by atoms with Gasteiger partial charge in [0.25, 0.3) is 0 Å². The number of rotatable bonds is 5. The average Bonchev–Trinajstić information content (AvgIpc) is 3.90. The highest BCUT2D eigenvalue weighted by atomic mass is 32.1. The molecule has 0 saturated heterocycles. The maximum atomic E-state index is 6.25. The van der Waals surface area contributed by atoms with Gasteiger partial charge in [0.15, 0.2) is 17.5 Å². The van der Waals surface area contributed by atoms with E-state index >= 15 is 0 Å². The molecule has 0 spiro atoms. The average molecular weight is 665 g/mol. The van der Waals surface area contributed by atoms with E-state index in [1.54, 1.807) is 22.7 Å². The molecule has 49 heavy (non-hydrogen) atoms. The second-order valence-electron chi connectivity index (χ2n) is 11.9. The van der Waals surface area contributed by atoms with Gasteiger partial charge in [0.05, 0.1) is 10.2 Å². The molecule has 5 nitrogen and oxygen atoms in total. The van der Waals surface area contributed by atoms with Crippen molar-refractivity contribution in [2.75, 3.05) is 0 Å². The molecule has 4 aromatic heterocycles. The molecule has 230 valence electrons. The molecule has 6 aromatic carbocycles. The van der Waals surface area contributed by atoms with Crippen LogP contribution in [0.3, 0.4) is 0 Å². The number of hydrogen-bond acceptors (Lipinski definition) is 7. The number of furan rings is 1. The third-order valence-corrected chi connectivity index (χ3v) is 11.0. The largest absolute Gasteiger partial charge is 0.456 e. The van der Waals surface area contributed by atoms with E-state index in [-0.39, 0.29) is 0 Å². The van der Waals surface area contributed by atoms with E-state index in [9.17, 15) is 0 Å². The van der Waals surface area contributed by atoms with Crippen LogP contribution in [-0.2, 0) is 0 Å². The molecule has 0 unspecified atom stereocenters. The summed E-state index contributed by atoms with van der Waals surface area (Å²) in [4.78, 5) is 21.6. The van der Waals surface area contributed by atoms with Crippen LogP contribution in [0.1, 0.15) is 0 Å². The van der Waals surface area contributed by atoms with E-state index in [0.717, 1.165) is 65.0 Å². The van der Waals surface area contributed by atoms with Crippen molar-refractivity contribution in [2.24, 2.45) is 0 Å². The normalized spacial score (nSPS) is 11.7. The second-order valence-corrected chi connectivity index (χ2v) is 14.0. The summed E-state index contributed by atoms with van der Waals surface area (Å²) in [6.07, 6.45) is 0. The molecule has 0 aliphatic carbocycles. The van der Waals surface area contributed by atoms with Crippen molar-refractivity contribution in [3.63, 3.8) is 0 Å². The molecule has 10 aromatic rings. The van der Waals surface area contributed by atoms with Crippen LogP contribution >= 0.6 is 22.7 Å². The summed E-state index contributed by atoms with van der Waals surface area (Å²) in [7, 11) is 0. The maximum absolute atomic E-state index is 6.25. The highest BCUT2D eigenvalue weighted by Crippen LogP contribution is 2.41. The maximum Gasteiger partial charge on any atom is 0.164 e. The lowest BCUT2D eigenvalue weighted by Crippen LogP contribution is -2.00. The monoisotopic (exact) mass is 664 g/mol. The van der Waals surface area contributed by atoms with Gasteiger partial charge >= 0.3 is 0 Å². The molecular formula is C42H24N4OS2. The van der Waals surface area contributed by atoms with Gasteiger partial charge in [-0.05, 0) is 65.5 Å². The molecule has 0 aliphatic heterocycles. The quantitative estimate of drug-likeness (QED) is 0.183. The standard InChI is InChI=1S/C42H24N4OS2/c1-2-11-25(12-3-1)39-44-40(46-41(45-39)31-15-10-18-34-38(31)30-14-5-7-17-33(30)47-34)28-21-27(37-24-26-13-4-8-19-35(26)48-37)22-29(23-28)42-43-32-16-6-9-20-36(32)49-42/h1-24H. The molecule has 10 rings (SSSR count). The van der Waals surface area contributed by atoms with Crippen LogP contribution in [-0.4, -0.2) is 19.9 Å². The summed E-state index contributed by atoms with van der Waals surface area (Å²) in [5.41, 5.74) is 7.46. The van der Waals surface area contributed by atoms with Gasteiger partial charge in [-0.3, -0.25) is 0 Å². The smallest absolute Gasteiger partial charge is 0.164 e. The first kappa shape index (κ1) is 28.0. The Morgan fingerprint density at radius 1 is 0.449 bits per heavy atom. The Morgan fingerprint density at radius 2 is 1.14 bits per heavy atom. The zero-order valence-corrected chi connectivity index (χ0v) is 27.5. The lowest BCUT2D eigenvalue weighted by atomic mass is 10.0. The minimum Gasteiger partial charge on any atom is -0.456 e. The molecule has 0 atom stereocenters. The fourth-order valence-corrected chi connectivity index (χ4v) is 8.45. The Kier molecular flexibility index (Phi) is 6.47. The number of nitrogens with zero attached hydrogens (tertiary/aromatic N) is 4. The van der Waals surface area contributed by atoms with Crippen molar-refractivity contribution in [1.82, 2.24) is 19.9 Å². The summed E-state index contributed by atoms with van der Waals surface area (Å²) < 4.78 is 8.65. The van der Waals surface area contributed by atoms with Gasteiger partial charge in [-0.25, -0.2) is 19.9 Å². The lowest BCUT2D eigenvalue weighted by Gasteiger charge is -2.11. The Hall–Kier alpha value is -6.02. The van der Waals surface area contributed by atoms with Gasteiger partial charge in [0.1, 0.15) is 16.2 Å².